The van der Waals surface area contributed by atoms with Crippen LogP contribution in [-0.4, -0.2) is 6.10 Å². The van der Waals surface area contributed by atoms with E-state index in [0.29, 0.717) is 12.2 Å². The number of ether oxygens (including phenoxy) is 1. The number of rotatable bonds is 2. The van der Waals surface area contributed by atoms with Gasteiger partial charge >= 0.3 is 0 Å². The lowest BCUT2D eigenvalue weighted by molar-refractivity contribution is 0.370. The van der Waals surface area contributed by atoms with Crippen LogP contribution in [0.1, 0.15) is 25.0 Å². The van der Waals surface area contributed by atoms with Gasteiger partial charge in [0.1, 0.15) is 6.10 Å². The lowest BCUT2D eigenvalue weighted by Crippen LogP contribution is -1.84. The van der Waals surface area contributed by atoms with Gasteiger partial charge in [0.25, 0.3) is 0 Å². The van der Waals surface area contributed by atoms with Crippen molar-refractivity contribution in [3.63, 3.8) is 0 Å². The van der Waals surface area contributed by atoms with Gasteiger partial charge in [-0.25, -0.2) is 0 Å². The van der Waals surface area contributed by atoms with E-state index in [9.17, 15) is 0 Å². The Kier molecular flexibility index (Phi) is 1.66. The zero-order valence-corrected chi connectivity index (χ0v) is 6.66. The molecule has 0 aromatic heterocycles. The Hall–Kier alpha value is -0.820. The van der Waals surface area contributed by atoms with E-state index in [1.165, 1.54) is 5.56 Å². The molecule has 1 aromatic rings. The Balaban J connectivity index is 2.09. The molecule has 1 saturated heterocycles. The molecule has 0 unspecified atom stereocenters. The van der Waals surface area contributed by atoms with Crippen LogP contribution in [-0.2, 0) is 4.74 Å². The fraction of sp³-hybridized carbons (Fsp3) is 0.400. The third kappa shape index (κ3) is 1.29. The molecule has 1 heterocycles. The van der Waals surface area contributed by atoms with E-state index in [1.807, 2.05) is 6.07 Å². The SMILES string of the molecule is CC[C@H]1O[C@H]1c1ccccc1. The van der Waals surface area contributed by atoms with Gasteiger partial charge in [-0.2, -0.15) is 0 Å². The molecular weight excluding hydrogens is 136 g/mol. The highest BCUT2D eigenvalue weighted by Crippen LogP contribution is 2.40. The maximum Gasteiger partial charge on any atom is 0.109 e. The second-order valence-corrected chi connectivity index (χ2v) is 2.91. The number of hydrogen-bond donors (Lipinski definition) is 0. The van der Waals surface area contributed by atoms with Crippen molar-refractivity contribution in [2.24, 2.45) is 0 Å². The maximum atomic E-state index is 5.45. The highest BCUT2D eigenvalue weighted by atomic mass is 16.6. The highest BCUT2D eigenvalue weighted by Gasteiger charge is 2.37. The molecule has 0 N–H and O–H groups in total. The van der Waals surface area contributed by atoms with Crippen LogP contribution in [0.5, 0.6) is 0 Å². The summed E-state index contributed by atoms with van der Waals surface area (Å²) >= 11 is 0. The minimum Gasteiger partial charge on any atom is -0.365 e. The van der Waals surface area contributed by atoms with Crippen molar-refractivity contribution in [2.75, 3.05) is 0 Å². The molecule has 1 aliphatic heterocycles. The molecule has 58 valence electrons. The fourth-order valence-corrected chi connectivity index (χ4v) is 1.39. The standard InChI is InChI=1S/C10H12O/c1-2-9-10(11-9)8-6-4-3-5-7-8/h3-7,9-10H,2H2,1H3/t9-,10+/m1/s1. The van der Waals surface area contributed by atoms with Gasteiger partial charge in [-0.05, 0) is 12.0 Å². The van der Waals surface area contributed by atoms with E-state index < -0.39 is 0 Å². The summed E-state index contributed by atoms with van der Waals surface area (Å²) in [6, 6.07) is 10.4. The minimum atomic E-state index is 0.390. The van der Waals surface area contributed by atoms with Crippen molar-refractivity contribution in [2.45, 2.75) is 25.6 Å². The zero-order chi connectivity index (χ0) is 7.68. The summed E-state index contributed by atoms with van der Waals surface area (Å²) in [5.41, 5.74) is 1.32. The third-order valence-corrected chi connectivity index (χ3v) is 2.11. The van der Waals surface area contributed by atoms with Gasteiger partial charge in [-0.3, -0.25) is 0 Å². The molecule has 1 aliphatic rings. The van der Waals surface area contributed by atoms with Crippen molar-refractivity contribution in [3.8, 4) is 0 Å². The summed E-state index contributed by atoms with van der Waals surface area (Å²) in [6.07, 6.45) is 2.00. The zero-order valence-electron chi connectivity index (χ0n) is 6.66. The summed E-state index contributed by atoms with van der Waals surface area (Å²) in [7, 11) is 0. The quantitative estimate of drug-likeness (QED) is 0.587. The van der Waals surface area contributed by atoms with Gasteiger partial charge in [0, 0.05) is 0 Å². The van der Waals surface area contributed by atoms with Crippen LogP contribution in [0, 0.1) is 0 Å². The van der Waals surface area contributed by atoms with Crippen molar-refractivity contribution in [1.82, 2.24) is 0 Å². The van der Waals surface area contributed by atoms with Crippen LogP contribution < -0.4 is 0 Å². The van der Waals surface area contributed by atoms with Gasteiger partial charge in [-0.15, -0.1) is 0 Å². The molecule has 0 bridgehead atoms. The minimum absolute atomic E-state index is 0.390. The molecule has 0 spiro atoms. The van der Waals surface area contributed by atoms with Crippen LogP contribution in [0.3, 0.4) is 0 Å². The predicted molar refractivity (Wildman–Crippen MR) is 44.3 cm³/mol. The van der Waals surface area contributed by atoms with Crippen LogP contribution in [0.4, 0.5) is 0 Å². The molecule has 0 saturated carbocycles. The lowest BCUT2D eigenvalue weighted by Gasteiger charge is -1.91. The summed E-state index contributed by atoms with van der Waals surface area (Å²) in [5, 5.41) is 0. The first-order valence-corrected chi connectivity index (χ1v) is 4.12. The molecule has 1 aromatic carbocycles. The Morgan fingerprint density at radius 2 is 2.00 bits per heavy atom. The van der Waals surface area contributed by atoms with Crippen molar-refractivity contribution < 1.29 is 4.74 Å². The molecule has 0 radical (unpaired) electrons. The molecule has 1 heteroatoms. The maximum absolute atomic E-state index is 5.45. The molecule has 1 nitrogen and oxygen atoms in total. The Labute approximate surface area is 67.0 Å². The Bertz CT molecular complexity index is 230. The normalized spacial score (nSPS) is 28.5. The van der Waals surface area contributed by atoms with E-state index >= 15 is 0 Å². The van der Waals surface area contributed by atoms with Crippen LogP contribution >= 0.6 is 0 Å². The van der Waals surface area contributed by atoms with Crippen LogP contribution in [0.2, 0.25) is 0 Å². The average Bonchev–Trinajstić information content (AvgIpc) is 2.85. The smallest absolute Gasteiger partial charge is 0.109 e. The second kappa shape index (κ2) is 2.67. The molecule has 2 rings (SSSR count). The van der Waals surface area contributed by atoms with Crippen molar-refractivity contribution in [3.05, 3.63) is 35.9 Å². The largest absolute Gasteiger partial charge is 0.365 e. The van der Waals surface area contributed by atoms with E-state index in [4.69, 9.17) is 4.74 Å². The van der Waals surface area contributed by atoms with Gasteiger partial charge in [0.15, 0.2) is 0 Å². The second-order valence-electron chi connectivity index (χ2n) is 2.91. The van der Waals surface area contributed by atoms with Gasteiger partial charge < -0.3 is 4.74 Å². The summed E-state index contributed by atoms with van der Waals surface area (Å²) in [6.45, 7) is 2.16. The van der Waals surface area contributed by atoms with Gasteiger partial charge in [0.05, 0.1) is 6.10 Å². The van der Waals surface area contributed by atoms with Crippen molar-refractivity contribution in [1.29, 1.82) is 0 Å². The first kappa shape index (κ1) is 6.86. The molecule has 0 aliphatic carbocycles. The summed E-state index contributed by atoms with van der Waals surface area (Å²) in [5.74, 6) is 0. The molecule has 0 amide bonds. The van der Waals surface area contributed by atoms with Gasteiger partial charge in [0.2, 0.25) is 0 Å². The fourth-order valence-electron chi connectivity index (χ4n) is 1.39. The molecule has 1 fully saturated rings. The number of epoxide rings is 1. The number of benzene rings is 1. The van der Waals surface area contributed by atoms with Gasteiger partial charge in [-0.1, -0.05) is 37.3 Å². The Morgan fingerprint density at radius 1 is 1.27 bits per heavy atom. The van der Waals surface area contributed by atoms with Crippen LogP contribution in [0.15, 0.2) is 30.3 Å². The number of hydrogen-bond acceptors (Lipinski definition) is 1. The summed E-state index contributed by atoms with van der Waals surface area (Å²) in [4.78, 5) is 0. The van der Waals surface area contributed by atoms with E-state index in [2.05, 4.69) is 31.2 Å². The molecular formula is C10H12O. The van der Waals surface area contributed by atoms with Crippen molar-refractivity contribution >= 4 is 0 Å². The van der Waals surface area contributed by atoms with E-state index in [-0.39, 0.29) is 0 Å². The average molecular weight is 148 g/mol. The third-order valence-electron chi connectivity index (χ3n) is 2.11. The van der Waals surface area contributed by atoms with Crippen LogP contribution in [0.25, 0.3) is 0 Å². The first-order chi connectivity index (χ1) is 5.42. The monoisotopic (exact) mass is 148 g/mol. The molecule has 11 heavy (non-hydrogen) atoms. The predicted octanol–water partition coefficient (Wildman–Crippen LogP) is 2.54. The molecule has 2 atom stereocenters. The Morgan fingerprint density at radius 3 is 2.55 bits per heavy atom. The highest BCUT2D eigenvalue weighted by molar-refractivity contribution is 5.21. The summed E-state index contributed by atoms with van der Waals surface area (Å²) < 4.78 is 5.45. The van der Waals surface area contributed by atoms with E-state index in [1.54, 1.807) is 0 Å². The lowest BCUT2D eigenvalue weighted by atomic mass is 10.1. The first-order valence-electron chi connectivity index (χ1n) is 4.12. The van der Waals surface area contributed by atoms with E-state index in [0.717, 1.165) is 6.42 Å². The topological polar surface area (TPSA) is 12.5 Å².